The van der Waals surface area contributed by atoms with Crippen LogP contribution < -0.4 is 4.90 Å². The number of carboxylic acid groups (broad SMARTS) is 1. The van der Waals surface area contributed by atoms with Crippen molar-refractivity contribution in [2.24, 2.45) is 0 Å². The molecule has 21 heavy (non-hydrogen) atoms. The maximum absolute atomic E-state index is 10.9. The third-order valence-corrected chi connectivity index (χ3v) is 3.24. The fraction of sp³-hybridized carbons (Fsp3) is 0.133. The van der Waals surface area contributed by atoms with Gasteiger partial charge in [0.25, 0.3) is 0 Å². The second kappa shape index (κ2) is 4.90. The van der Waals surface area contributed by atoms with Crippen molar-refractivity contribution in [1.82, 2.24) is 15.0 Å². The van der Waals surface area contributed by atoms with E-state index >= 15 is 0 Å². The summed E-state index contributed by atoms with van der Waals surface area (Å²) in [4.78, 5) is 24.5. The molecule has 3 rings (SSSR count). The lowest BCUT2D eigenvalue weighted by Crippen LogP contribution is -2.07. The highest BCUT2D eigenvalue weighted by Crippen LogP contribution is 2.22. The van der Waals surface area contributed by atoms with Crippen LogP contribution in [0.25, 0.3) is 22.6 Å². The number of imidazole rings is 1. The Morgan fingerprint density at radius 2 is 1.95 bits per heavy atom. The fourth-order valence-electron chi connectivity index (χ4n) is 2.07. The van der Waals surface area contributed by atoms with Gasteiger partial charge >= 0.3 is 5.97 Å². The van der Waals surface area contributed by atoms with Crippen LogP contribution in [-0.4, -0.2) is 40.1 Å². The zero-order valence-corrected chi connectivity index (χ0v) is 11.7. The van der Waals surface area contributed by atoms with E-state index < -0.39 is 5.97 Å². The zero-order valence-electron chi connectivity index (χ0n) is 11.7. The predicted molar refractivity (Wildman–Crippen MR) is 80.6 cm³/mol. The molecule has 0 amide bonds. The van der Waals surface area contributed by atoms with Gasteiger partial charge in [0, 0.05) is 31.5 Å². The van der Waals surface area contributed by atoms with Crippen LogP contribution in [0.15, 0.2) is 36.5 Å². The van der Waals surface area contributed by atoms with E-state index in [2.05, 4.69) is 15.0 Å². The summed E-state index contributed by atoms with van der Waals surface area (Å²) in [6, 6.07) is 9.46. The summed E-state index contributed by atoms with van der Waals surface area (Å²) in [7, 11) is 3.96. The molecule has 0 radical (unpaired) electrons. The molecular formula is C15H14N4O2. The number of carboxylic acids is 1. The Morgan fingerprint density at radius 1 is 1.24 bits per heavy atom. The zero-order chi connectivity index (χ0) is 15.0. The summed E-state index contributed by atoms with van der Waals surface area (Å²) in [6.45, 7) is 0. The highest BCUT2D eigenvalue weighted by Gasteiger charge is 2.10. The molecule has 0 fully saturated rings. The minimum Gasteiger partial charge on any atom is -0.478 e. The highest BCUT2D eigenvalue weighted by atomic mass is 16.4. The number of nitrogens with zero attached hydrogens (tertiary/aromatic N) is 3. The summed E-state index contributed by atoms with van der Waals surface area (Å²) in [6.07, 6.45) is 1.31. The number of H-pyrrole nitrogens is 1. The molecule has 2 N–H and O–H groups in total. The van der Waals surface area contributed by atoms with E-state index in [1.54, 1.807) is 0 Å². The second-order valence-corrected chi connectivity index (χ2v) is 4.93. The smallest absolute Gasteiger partial charge is 0.337 e. The van der Waals surface area contributed by atoms with Gasteiger partial charge in [-0.1, -0.05) is 0 Å². The molecule has 0 aliphatic heterocycles. The first kappa shape index (κ1) is 13.1. The van der Waals surface area contributed by atoms with Gasteiger partial charge in [-0.2, -0.15) is 0 Å². The first-order chi connectivity index (χ1) is 10.0. The third-order valence-electron chi connectivity index (χ3n) is 3.24. The Labute approximate surface area is 121 Å². The van der Waals surface area contributed by atoms with Gasteiger partial charge in [0.1, 0.15) is 5.82 Å². The molecule has 6 heteroatoms. The minimum absolute atomic E-state index is 0.139. The molecule has 6 nitrogen and oxygen atoms in total. The van der Waals surface area contributed by atoms with Gasteiger partial charge in [0.2, 0.25) is 0 Å². The molecule has 0 unspecified atom stereocenters. The van der Waals surface area contributed by atoms with Crippen molar-refractivity contribution in [3.63, 3.8) is 0 Å². The number of nitrogens with one attached hydrogen (secondary N) is 1. The van der Waals surface area contributed by atoms with Gasteiger partial charge < -0.3 is 15.0 Å². The van der Waals surface area contributed by atoms with E-state index in [4.69, 9.17) is 5.11 Å². The molecule has 0 saturated heterocycles. The topological polar surface area (TPSA) is 82.1 Å². The number of anilines is 1. The monoisotopic (exact) mass is 282 g/mol. The molecule has 2 heterocycles. The van der Waals surface area contributed by atoms with Crippen LogP contribution in [0, 0.1) is 0 Å². The van der Waals surface area contributed by atoms with Crippen LogP contribution in [0.5, 0.6) is 0 Å². The van der Waals surface area contributed by atoms with Gasteiger partial charge in [-0.3, -0.25) is 0 Å². The number of pyridine rings is 1. The van der Waals surface area contributed by atoms with E-state index in [1.165, 1.54) is 12.3 Å². The van der Waals surface area contributed by atoms with Crippen molar-refractivity contribution < 1.29 is 9.90 Å². The van der Waals surface area contributed by atoms with Crippen LogP contribution in [0.3, 0.4) is 0 Å². The Hall–Kier alpha value is -2.89. The molecule has 0 aliphatic carbocycles. The van der Waals surface area contributed by atoms with Crippen molar-refractivity contribution in [2.75, 3.05) is 19.0 Å². The van der Waals surface area contributed by atoms with Crippen molar-refractivity contribution in [1.29, 1.82) is 0 Å². The van der Waals surface area contributed by atoms with E-state index in [9.17, 15) is 4.79 Å². The van der Waals surface area contributed by atoms with Crippen LogP contribution in [0.4, 0.5) is 5.69 Å². The average Bonchev–Trinajstić information content (AvgIpc) is 2.90. The van der Waals surface area contributed by atoms with Crippen molar-refractivity contribution in [3.8, 4) is 11.4 Å². The SMILES string of the molecule is CN(C)c1ccc(-c2nc3ncc(C(=O)O)cc3[nH]2)cc1. The lowest BCUT2D eigenvalue weighted by molar-refractivity contribution is 0.0696. The molecule has 3 aromatic rings. The Kier molecular flexibility index (Phi) is 3.06. The van der Waals surface area contributed by atoms with Crippen molar-refractivity contribution in [2.45, 2.75) is 0 Å². The number of hydrogen-bond donors (Lipinski definition) is 2. The summed E-state index contributed by atoms with van der Waals surface area (Å²) < 4.78 is 0. The Morgan fingerprint density at radius 3 is 2.57 bits per heavy atom. The number of carbonyl (C=O) groups is 1. The molecular weight excluding hydrogens is 268 g/mol. The van der Waals surface area contributed by atoms with Crippen LogP contribution >= 0.6 is 0 Å². The average molecular weight is 282 g/mol. The molecule has 0 atom stereocenters. The molecule has 106 valence electrons. The number of aromatic amines is 1. The molecule has 1 aromatic carbocycles. The Balaban J connectivity index is 2.02. The number of rotatable bonds is 3. The van der Waals surface area contributed by atoms with Crippen LogP contribution in [-0.2, 0) is 0 Å². The molecule has 0 saturated carbocycles. The number of aromatic carboxylic acids is 1. The van der Waals surface area contributed by atoms with Crippen molar-refractivity contribution >= 4 is 22.8 Å². The van der Waals surface area contributed by atoms with E-state index in [0.717, 1.165) is 11.3 Å². The third kappa shape index (κ3) is 2.43. The molecule has 0 aliphatic rings. The summed E-state index contributed by atoms with van der Waals surface area (Å²) in [5.41, 5.74) is 3.28. The lowest BCUT2D eigenvalue weighted by atomic mass is 10.2. The van der Waals surface area contributed by atoms with E-state index in [0.29, 0.717) is 17.0 Å². The van der Waals surface area contributed by atoms with Gasteiger partial charge in [-0.05, 0) is 30.3 Å². The predicted octanol–water partition coefficient (Wildman–Crippen LogP) is 2.39. The van der Waals surface area contributed by atoms with Crippen molar-refractivity contribution in [3.05, 3.63) is 42.1 Å². The summed E-state index contributed by atoms with van der Waals surface area (Å²) in [5, 5.41) is 8.97. The molecule has 0 bridgehead atoms. The van der Waals surface area contributed by atoms with Crippen LogP contribution in [0.1, 0.15) is 10.4 Å². The van der Waals surface area contributed by atoms with Gasteiger partial charge in [0.05, 0.1) is 11.1 Å². The quantitative estimate of drug-likeness (QED) is 0.770. The van der Waals surface area contributed by atoms with Crippen LogP contribution in [0.2, 0.25) is 0 Å². The first-order valence-corrected chi connectivity index (χ1v) is 6.41. The minimum atomic E-state index is -1.00. The first-order valence-electron chi connectivity index (χ1n) is 6.41. The number of benzene rings is 1. The largest absolute Gasteiger partial charge is 0.478 e. The van der Waals surface area contributed by atoms with E-state index in [1.807, 2.05) is 43.3 Å². The van der Waals surface area contributed by atoms with Gasteiger partial charge in [-0.25, -0.2) is 14.8 Å². The summed E-state index contributed by atoms with van der Waals surface area (Å²) in [5.74, 6) is -0.332. The second-order valence-electron chi connectivity index (χ2n) is 4.93. The fourth-order valence-corrected chi connectivity index (χ4v) is 2.07. The lowest BCUT2D eigenvalue weighted by Gasteiger charge is -2.11. The maximum atomic E-state index is 10.9. The Bertz CT molecular complexity index is 806. The summed E-state index contributed by atoms with van der Waals surface area (Å²) >= 11 is 0. The van der Waals surface area contributed by atoms with Gasteiger partial charge in [-0.15, -0.1) is 0 Å². The normalized spacial score (nSPS) is 10.8. The van der Waals surface area contributed by atoms with Gasteiger partial charge in [0.15, 0.2) is 5.65 Å². The highest BCUT2D eigenvalue weighted by molar-refractivity contribution is 5.91. The van der Waals surface area contributed by atoms with E-state index in [-0.39, 0.29) is 5.56 Å². The standard InChI is InChI=1S/C15H14N4O2/c1-19(2)11-5-3-9(4-6-11)13-17-12-7-10(15(20)21)8-16-14(12)18-13/h3-8H,1-2H3,(H,20,21)(H,16,17,18). The number of hydrogen-bond acceptors (Lipinski definition) is 4. The maximum Gasteiger partial charge on any atom is 0.337 e. The molecule has 2 aromatic heterocycles. The molecule has 0 spiro atoms. The number of fused-ring (bicyclic) bond motifs is 1. The number of aromatic nitrogens is 3.